The highest BCUT2D eigenvalue weighted by molar-refractivity contribution is 8.43. The molecule has 0 aromatic rings. The molecule has 1 atom stereocenters. The highest BCUT2D eigenvalue weighted by Gasteiger charge is 2.23. The molecule has 0 bridgehead atoms. The van der Waals surface area contributed by atoms with Crippen molar-refractivity contribution in [2.45, 2.75) is 45.4 Å². The van der Waals surface area contributed by atoms with E-state index < -0.39 is 10.0 Å². The second-order valence-corrected chi connectivity index (χ2v) is 48.5. The van der Waals surface area contributed by atoms with Crippen LogP contribution in [0.3, 0.4) is 0 Å². The SMILES string of the molecule is CC1CCS(C)(C)C1.CS1(C)C=CC=C1.CS1(C)C=NCC1.CS1(C)CCCC1.CS1(C)CCCCC1.CS1(C)CCNC1.CS1(C)CCOCC1. The largest absolute Gasteiger partial charge is 0.380 e. The molecule has 5 saturated heterocycles. The molecule has 1 unspecified atom stereocenters. The van der Waals surface area contributed by atoms with Crippen LogP contribution in [0.25, 0.3) is 0 Å². The van der Waals surface area contributed by atoms with Crippen LogP contribution in [0.15, 0.2) is 28.0 Å². The molecule has 3 nitrogen and oxygen atoms in total. The van der Waals surface area contributed by atoms with E-state index in [2.05, 4.69) is 133 Å². The summed E-state index contributed by atoms with van der Waals surface area (Å²) in [5, 5.41) is 7.89. The molecule has 7 aliphatic rings. The molecule has 52 heavy (non-hydrogen) atoms. The molecule has 320 valence electrons. The van der Waals surface area contributed by atoms with Gasteiger partial charge in [-0.25, -0.2) is 70.2 Å². The van der Waals surface area contributed by atoms with E-state index in [1.807, 2.05) is 0 Å². The lowest BCUT2D eigenvalue weighted by molar-refractivity contribution is 0.159. The summed E-state index contributed by atoms with van der Waals surface area (Å²) in [5.41, 5.74) is 2.13. The zero-order chi connectivity index (χ0) is 39.6. The van der Waals surface area contributed by atoms with Gasteiger partial charge in [0.1, 0.15) is 0 Å². The second-order valence-electron chi connectivity index (χ2n) is 19.5. The first-order valence-corrected chi connectivity index (χ1v) is 39.0. The van der Waals surface area contributed by atoms with E-state index in [1.165, 1.54) is 108 Å². The van der Waals surface area contributed by atoms with Crippen LogP contribution in [0.5, 0.6) is 0 Å². The Labute approximate surface area is 339 Å². The van der Waals surface area contributed by atoms with E-state index in [0.717, 1.165) is 25.7 Å². The van der Waals surface area contributed by atoms with E-state index >= 15 is 0 Å². The lowest BCUT2D eigenvalue weighted by Crippen LogP contribution is -2.21. The van der Waals surface area contributed by atoms with Crippen LogP contribution in [-0.4, -0.2) is 183 Å². The lowest BCUT2D eigenvalue weighted by Gasteiger charge is -2.34. The quantitative estimate of drug-likeness (QED) is 0.263. The van der Waals surface area contributed by atoms with Crippen LogP contribution in [-0.2, 0) is 4.74 Å². The first kappa shape index (κ1) is 51.5. The van der Waals surface area contributed by atoms with Crippen LogP contribution in [0, 0.1) is 5.92 Å². The summed E-state index contributed by atoms with van der Waals surface area (Å²) >= 11 is 0. The minimum Gasteiger partial charge on any atom is -0.380 e. The summed E-state index contributed by atoms with van der Waals surface area (Å²) in [4.78, 5) is 4.15. The molecule has 7 aliphatic heterocycles. The molecule has 0 aromatic carbocycles. The van der Waals surface area contributed by atoms with Crippen LogP contribution in [0.4, 0.5) is 0 Å². The van der Waals surface area contributed by atoms with Crippen molar-refractivity contribution < 1.29 is 4.74 Å². The Hall–Kier alpha value is 1.52. The third-order valence-electron chi connectivity index (χ3n) is 10.4. The molecule has 10 heteroatoms. The molecular formula is C42H94N2OS7. The highest BCUT2D eigenvalue weighted by Crippen LogP contribution is 2.49. The minimum absolute atomic E-state index is 0.0463. The number of ether oxygens (including phenoxy) is 1. The Balaban J connectivity index is 0.000000304. The first-order valence-electron chi connectivity index (χ1n) is 19.9. The fourth-order valence-corrected chi connectivity index (χ4v) is 18.9. The second kappa shape index (κ2) is 24.4. The van der Waals surface area contributed by atoms with Gasteiger partial charge in [-0.05, 0) is 177 Å². The van der Waals surface area contributed by atoms with Crippen molar-refractivity contribution in [2.75, 3.05) is 177 Å². The number of hydrogen-bond donors (Lipinski definition) is 1. The maximum absolute atomic E-state index is 5.23. The Morgan fingerprint density at radius 1 is 0.538 bits per heavy atom. The maximum Gasteiger partial charge on any atom is 0.0542 e. The van der Waals surface area contributed by atoms with Gasteiger partial charge in [-0.3, -0.25) is 4.99 Å². The third kappa shape index (κ3) is 28.0. The topological polar surface area (TPSA) is 33.6 Å². The van der Waals surface area contributed by atoms with E-state index in [-0.39, 0.29) is 60.2 Å². The summed E-state index contributed by atoms with van der Waals surface area (Å²) in [5.74, 6) is 16.9. The number of aliphatic imine (C=N–C) groups is 1. The fourth-order valence-electron chi connectivity index (χ4n) is 6.49. The standard InChI is InChI=1S/2C7H16S.C6H14OS.C6H14S.C6H10S.C5H13NS.C5H11NS/c1-7-4-5-8(2,3)6-7;1-8(2)6-4-3-5-7-8;1-8(2)5-3-7-4-6-8;2*1-7(2)5-3-4-6-7;2*1-7(2)4-3-6-5-7/h7H,4-6H2,1-3H3;3-7H2,1-2H3;3-6H2,1-2H3;3-6H2,1-2H3;3-6H,1-2H3;6H,3-5H2,1-2H3;5H,3-4H2,1-2H3. The zero-order valence-electron chi connectivity index (χ0n) is 37.5. The van der Waals surface area contributed by atoms with Crippen molar-refractivity contribution in [3.8, 4) is 0 Å². The van der Waals surface area contributed by atoms with Gasteiger partial charge in [-0.2, -0.15) is 0 Å². The zero-order valence-corrected chi connectivity index (χ0v) is 43.2. The van der Waals surface area contributed by atoms with Gasteiger partial charge < -0.3 is 10.1 Å². The number of nitrogens with zero attached hydrogens (tertiary/aromatic N) is 1. The Bertz CT molecular complexity index is 969. The van der Waals surface area contributed by atoms with Crippen molar-refractivity contribution in [3.05, 3.63) is 23.0 Å². The minimum atomic E-state index is -0.407. The van der Waals surface area contributed by atoms with Gasteiger partial charge in [-0.15, -0.1) is 0 Å². The first-order chi connectivity index (χ1) is 23.8. The Morgan fingerprint density at radius 2 is 1.02 bits per heavy atom. The van der Waals surface area contributed by atoms with Gasteiger partial charge in [0.05, 0.1) is 13.2 Å². The molecule has 0 aromatic heterocycles. The number of rotatable bonds is 0. The van der Waals surface area contributed by atoms with Gasteiger partial charge in [-0.1, -0.05) is 25.5 Å². The molecule has 0 amide bonds. The Kier molecular flexibility index (Phi) is 24.2. The van der Waals surface area contributed by atoms with Crippen LogP contribution < -0.4 is 5.32 Å². The van der Waals surface area contributed by atoms with Gasteiger partial charge >= 0.3 is 0 Å². The summed E-state index contributed by atoms with van der Waals surface area (Å²) in [6.07, 6.45) is 46.6. The normalized spacial score (nSPS) is 32.6. The van der Waals surface area contributed by atoms with Crippen molar-refractivity contribution in [3.63, 3.8) is 0 Å². The molecule has 0 spiro atoms. The predicted molar refractivity (Wildman–Crippen MR) is 277 cm³/mol. The molecule has 7 rings (SSSR count). The molecular weight excluding hydrogens is 773 g/mol. The van der Waals surface area contributed by atoms with Crippen LogP contribution in [0.1, 0.15) is 45.4 Å². The third-order valence-corrected chi connectivity index (χ3v) is 27.3. The predicted octanol–water partition coefficient (Wildman–Crippen LogP) is 11.0. The Morgan fingerprint density at radius 3 is 1.17 bits per heavy atom. The van der Waals surface area contributed by atoms with E-state index in [1.54, 1.807) is 0 Å². The molecule has 1 N–H and O–H groups in total. The van der Waals surface area contributed by atoms with Crippen molar-refractivity contribution in [1.29, 1.82) is 0 Å². The highest BCUT2D eigenvalue weighted by atomic mass is 32.3. The molecule has 7 heterocycles. The van der Waals surface area contributed by atoms with Crippen molar-refractivity contribution in [1.82, 2.24) is 5.32 Å². The molecule has 5 fully saturated rings. The van der Waals surface area contributed by atoms with Gasteiger partial charge in [0, 0.05) is 41.8 Å². The van der Waals surface area contributed by atoms with Crippen molar-refractivity contribution >= 4 is 75.7 Å². The van der Waals surface area contributed by atoms with Crippen LogP contribution in [0.2, 0.25) is 0 Å². The summed E-state index contributed by atoms with van der Waals surface area (Å²) in [6.45, 7) is 6.71. The lowest BCUT2D eigenvalue weighted by atomic mass is 10.2. The molecule has 0 aliphatic carbocycles. The van der Waals surface area contributed by atoms with E-state index in [0.29, 0.717) is 0 Å². The smallest absolute Gasteiger partial charge is 0.0542 e. The van der Waals surface area contributed by atoms with Gasteiger partial charge in [0.25, 0.3) is 0 Å². The summed E-state index contributed by atoms with van der Waals surface area (Å²) < 4.78 is 5.23. The van der Waals surface area contributed by atoms with E-state index in [9.17, 15) is 0 Å². The molecule has 0 radical (unpaired) electrons. The molecule has 0 saturated carbocycles. The maximum atomic E-state index is 5.23. The summed E-state index contributed by atoms with van der Waals surface area (Å²) in [7, 11) is -1.34. The monoisotopic (exact) mass is 867 g/mol. The number of allylic oxidation sites excluding steroid dienone is 2. The summed E-state index contributed by atoms with van der Waals surface area (Å²) in [6, 6.07) is 0. The van der Waals surface area contributed by atoms with Crippen molar-refractivity contribution in [2.24, 2.45) is 10.9 Å². The van der Waals surface area contributed by atoms with Gasteiger partial charge in [0.2, 0.25) is 0 Å². The van der Waals surface area contributed by atoms with Gasteiger partial charge in [0.15, 0.2) is 0 Å². The average molecular weight is 868 g/mol. The number of hydrogen-bond acceptors (Lipinski definition) is 3. The van der Waals surface area contributed by atoms with E-state index in [4.69, 9.17) is 4.74 Å². The fraction of sp³-hybridized carbons (Fsp3) is 0.881. The van der Waals surface area contributed by atoms with Crippen LogP contribution >= 0.6 is 70.2 Å². The average Bonchev–Trinajstić information content (AvgIpc) is 3.86. The number of nitrogens with one attached hydrogen (secondary N) is 1.